The zero-order valence-corrected chi connectivity index (χ0v) is 10.9. The molecule has 0 saturated heterocycles. The van der Waals surface area contributed by atoms with Crippen LogP contribution in [-0.4, -0.2) is 49.0 Å². The summed E-state index contributed by atoms with van der Waals surface area (Å²) in [6, 6.07) is 6.63. The van der Waals surface area contributed by atoms with Gasteiger partial charge >= 0.3 is 6.18 Å². The van der Waals surface area contributed by atoms with Crippen LogP contribution in [0.5, 0.6) is 5.75 Å². The van der Waals surface area contributed by atoms with Crippen molar-refractivity contribution in [1.29, 1.82) is 0 Å². The van der Waals surface area contributed by atoms with Gasteiger partial charge in [0.2, 0.25) is 0 Å². The lowest BCUT2D eigenvalue weighted by molar-refractivity contribution is -0.147. The average Bonchev–Trinajstić information content (AvgIpc) is 2.27. The van der Waals surface area contributed by atoms with E-state index in [-0.39, 0.29) is 26.3 Å². The molecule has 0 aliphatic rings. The van der Waals surface area contributed by atoms with Crippen molar-refractivity contribution in [1.82, 2.24) is 4.90 Å². The Bertz CT molecular complexity index is 387. The van der Waals surface area contributed by atoms with Crippen LogP contribution in [0.3, 0.4) is 0 Å². The molecular weight excluding hydrogens is 283 g/mol. The summed E-state index contributed by atoms with van der Waals surface area (Å²) < 4.78 is 42.1. The van der Waals surface area contributed by atoms with Gasteiger partial charge in [0, 0.05) is 18.1 Å². The van der Waals surface area contributed by atoms with Crippen LogP contribution in [0, 0.1) is 0 Å². The molecule has 0 amide bonds. The van der Waals surface area contributed by atoms with Gasteiger partial charge in [0.25, 0.3) is 0 Å². The molecule has 0 atom stereocenters. The Morgan fingerprint density at radius 2 is 2.00 bits per heavy atom. The number of rotatable bonds is 7. The quantitative estimate of drug-likeness (QED) is 0.839. The molecule has 3 nitrogen and oxygen atoms in total. The summed E-state index contributed by atoms with van der Waals surface area (Å²) in [6.45, 7) is -1.26. The molecule has 0 heterocycles. The van der Waals surface area contributed by atoms with Crippen molar-refractivity contribution in [3.05, 3.63) is 29.3 Å². The topological polar surface area (TPSA) is 32.7 Å². The van der Waals surface area contributed by atoms with Gasteiger partial charge in [-0.05, 0) is 18.2 Å². The number of hydrogen-bond donors (Lipinski definition) is 1. The lowest BCUT2D eigenvalue weighted by Gasteiger charge is -2.22. The number of aliphatic hydroxyl groups excluding tert-OH is 1. The molecule has 108 valence electrons. The van der Waals surface area contributed by atoms with E-state index in [1.807, 2.05) is 0 Å². The number of halogens is 4. The minimum absolute atomic E-state index is 0.0432. The Kier molecular flexibility index (Phi) is 6.41. The molecule has 0 fully saturated rings. The van der Waals surface area contributed by atoms with Crippen LogP contribution in [0.1, 0.15) is 0 Å². The standard InChI is InChI=1S/C12H15ClF3NO2/c13-10-2-1-3-11(8-10)19-7-5-17(4-6-18)9-12(14,15)16/h1-3,8,18H,4-7,9H2. The van der Waals surface area contributed by atoms with E-state index < -0.39 is 12.7 Å². The van der Waals surface area contributed by atoms with Crippen LogP contribution < -0.4 is 4.74 Å². The van der Waals surface area contributed by atoms with E-state index in [1.165, 1.54) is 0 Å². The zero-order valence-electron chi connectivity index (χ0n) is 10.2. The number of hydrogen-bond acceptors (Lipinski definition) is 3. The van der Waals surface area contributed by atoms with E-state index in [9.17, 15) is 13.2 Å². The van der Waals surface area contributed by atoms with E-state index >= 15 is 0 Å². The van der Waals surface area contributed by atoms with E-state index in [2.05, 4.69) is 0 Å². The van der Waals surface area contributed by atoms with Crippen LogP contribution in [0.2, 0.25) is 5.02 Å². The van der Waals surface area contributed by atoms with Crippen LogP contribution in [0.25, 0.3) is 0 Å². The number of benzene rings is 1. The molecule has 1 aromatic rings. The van der Waals surface area contributed by atoms with Gasteiger partial charge in [-0.25, -0.2) is 0 Å². The molecule has 1 N–H and O–H groups in total. The Hall–Kier alpha value is -0.980. The van der Waals surface area contributed by atoms with E-state index in [1.54, 1.807) is 24.3 Å². The number of aliphatic hydroxyl groups is 1. The van der Waals surface area contributed by atoms with Crippen LogP contribution >= 0.6 is 11.6 Å². The monoisotopic (exact) mass is 297 g/mol. The molecular formula is C12H15ClF3NO2. The minimum Gasteiger partial charge on any atom is -0.492 e. The normalized spacial score (nSPS) is 11.9. The molecule has 0 bridgehead atoms. The fourth-order valence-corrected chi connectivity index (χ4v) is 1.69. The Morgan fingerprint density at radius 3 is 2.58 bits per heavy atom. The summed E-state index contributed by atoms with van der Waals surface area (Å²) in [5, 5.41) is 9.22. The Labute approximate surface area is 114 Å². The fraction of sp³-hybridized carbons (Fsp3) is 0.500. The molecule has 0 aliphatic heterocycles. The molecule has 0 radical (unpaired) electrons. The SMILES string of the molecule is OCCN(CCOc1cccc(Cl)c1)CC(F)(F)F. The molecule has 0 spiro atoms. The molecule has 1 rings (SSSR count). The lowest BCUT2D eigenvalue weighted by atomic mass is 10.3. The maximum absolute atomic E-state index is 12.3. The van der Waals surface area contributed by atoms with Crippen molar-refractivity contribution in [2.75, 3.05) is 32.8 Å². The fourth-order valence-electron chi connectivity index (χ4n) is 1.51. The molecule has 0 saturated carbocycles. The third-order valence-electron chi connectivity index (χ3n) is 2.29. The van der Waals surface area contributed by atoms with Crippen molar-refractivity contribution in [2.45, 2.75) is 6.18 Å². The lowest BCUT2D eigenvalue weighted by Crippen LogP contribution is -2.38. The highest BCUT2D eigenvalue weighted by atomic mass is 35.5. The van der Waals surface area contributed by atoms with E-state index in [0.29, 0.717) is 10.8 Å². The second-order valence-corrected chi connectivity index (χ2v) is 4.36. The van der Waals surface area contributed by atoms with Crippen LogP contribution in [-0.2, 0) is 0 Å². The number of ether oxygens (including phenoxy) is 1. The Balaban J connectivity index is 2.39. The van der Waals surface area contributed by atoms with Gasteiger partial charge < -0.3 is 9.84 Å². The van der Waals surface area contributed by atoms with Crippen molar-refractivity contribution in [3.63, 3.8) is 0 Å². The second kappa shape index (κ2) is 7.57. The summed E-state index contributed by atoms with van der Waals surface area (Å²) in [6.07, 6.45) is -4.29. The summed E-state index contributed by atoms with van der Waals surface area (Å²) in [5.74, 6) is 0.503. The first-order valence-corrected chi connectivity index (χ1v) is 6.07. The van der Waals surface area contributed by atoms with Crippen LogP contribution in [0.15, 0.2) is 24.3 Å². The van der Waals surface area contributed by atoms with Gasteiger partial charge in [-0.1, -0.05) is 17.7 Å². The third kappa shape index (κ3) is 7.25. The predicted molar refractivity (Wildman–Crippen MR) is 66.5 cm³/mol. The molecule has 0 unspecified atom stereocenters. The van der Waals surface area contributed by atoms with Gasteiger partial charge in [-0.2, -0.15) is 13.2 Å². The summed E-state index contributed by atoms with van der Waals surface area (Å²) >= 11 is 5.75. The largest absolute Gasteiger partial charge is 0.492 e. The van der Waals surface area contributed by atoms with Gasteiger partial charge in [-0.3, -0.25) is 4.90 Å². The summed E-state index contributed by atoms with van der Waals surface area (Å²) in [4.78, 5) is 1.09. The highest BCUT2D eigenvalue weighted by Crippen LogP contribution is 2.18. The maximum Gasteiger partial charge on any atom is 0.401 e. The predicted octanol–water partition coefficient (Wildman–Crippen LogP) is 2.58. The zero-order chi connectivity index (χ0) is 14.3. The van der Waals surface area contributed by atoms with Crippen LogP contribution in [0.4, 0.5) is 13.2 Å². The molecule has 0 aliphatic carbocycles. The second-order valence-electron chi connectivity index (χ2n) is 3.92. The summed E-state index contributed by atoms with van der Waals surface area (Å²) in [5.41, 5.74) is 0. The highest BCUT2D eigenvalue weighted by Gasteiger charge is 2.30. The highest BCUT2D eigenvalue weighted by molar-refractivity contribution is 6.30. The van der Waals surface area contributed by atoms with Crippen molar-refractivity contribution < 1.29 is 23.0 Å². The van der Waals surface area contributed by atoms with E-state index in [0.717, 1.165) is 4.90 Å². The first kappa shape index (κ1) is 16.1. The van der Waals surface area contributed by atoms with Crippen molar-refractivity contribution >= 4 is 11.6 Å². The number of alkyl halides is 3. The maximum atomic E-state index is 12.3. The molecule has 7 heteroatoms. The smallest absolute Gasteiger partial charge is 0.401 e. The first-order chi connectivity index (χ1) is 8.90. The molecule has 1 aromatic carbocycles. The van der Waals surface area contributed by atoms with Gasteiger partial charge in [0.15, 0.2) is 0 Å². The van der Waals surface area contributed by atoms with Gasteiger partial charge in [0.05, 0.1) is 13.2 Å². The first-order valence-electron chi connectivity index (χ1n) is 5.69. The molecule has 0 aromatic heterocycles. The number of nitrogens with zero attached hydrogens (tertiary/aromatic N) is 1. The van der Waals surface area contributed by atoms with Crippen molar-refractivity contribution in [3.8, 4) is 5.75 Å². The third-order valence-corrected chi connectivity index (χ3v) is 2.53. The average molecular weight is 298 g/mol. The molecule has 19 heavy (non-hydrogen) atoms. The minimum atomic E-state index is -4.29. The van der Waals surface area contributed by atoms with Gasteiger partial charge in [-0.15, -0.1) is 0 Å². The van der Waals surface area contributed by atoms with Crippen molar-refractivity contribution in [2.24, 2.45) is 0 Å². The Morgan fingerprint density at radius 1 is 1.26 bits per heavy atom. The summed E-state index contributed by atoms with van der Waals surface area (Å²) in [7, 11) is 0. The van der Waals surface area contributed by atoms with Gasteiger partial charge in [0.1, 0.15) is 12.4 Å². The van der Waals surface area contributed by atoms with E-state index in [4.69, 9.17) is 21.4 Å².